The van der Waals surface area contributed by atoms with Crippen molar-refractivity contribution >= 4 is 10.9 Å². The molecule has 0 spiro atoms. The zero-order chi connectivity index (χ0) is 19.8. The number of azide groups is 1. The maximum absolute atomic E-state index is 9.18. The number of methoxy groups -OCH3 is 3. The van der Waals surface area contributed by atoms with Gasteiger partial charge in [0.25, 0.3) is 0 Å². The third-order valence-electron chi connectivity index (χ3n) is 5.50. The van der Waals surface area contributed by atoms with Crippen LogP contribution in [0.4, 0.5) is 0 Å². The van der Waals surface area contributed by atoms with Crippen molar-refractivity contribution < 1.29 is 14.2 Å². The molecule has 1 unspecified atom stereocenters. The smallest absolute Gasteiger partial charge is 0.203 e. The lowest BCUT2D eigenvalue weighted by molar-refractivity contribution is 0.324. The van der Waals surface area contributed by atoms with E-state index in [2.05, 4.69) is 32.8 Å². The summed E-state index contributed by atoms with van der Waals surface area (Å²) in [5, 5.41) is 5.22. The fraction of sp³-hybridized carbons (Fsp3) is 0.333. The van der Waals surface area contributed by atoms with Gasteiger partial charge in [-0.3, -0.25) is 0 Å². The first-order valence-electron chi connectivity index (χ1n) is 9.08. The first-order valence-corrected chi connectivity index (χ1v) is 9.08. The SMILES string of the molecule is COc1cc2c(c(OC)c1OC)-c1ccc3c(ccn3C)c1C(N=[N+]=[N-])CC2. The van der Waals surface area contributed by atoms with Crippen molar-refractivity contribution in [2.45, 2.75) is 18.9 Å². The number of ether oxygens (including phenoxy) is 3. The molecule has 144 valence electrons. The van der Waals surface area contributed by atoms with Gasteiger partial charge in [0.1, 0.15) is 0 Å². The van der Waals surface area contributed by atoms with Crippen LogP contribution in [0.1, 0.15) is 23.6 Å². The highest BCUT2D eigenvalue weighted by molar-refractivity contribution is 5.94. The van der Waals surface area contributed by atoms with Gasteiger partial charge in [-0.2, -0.15) is 0 Å². The minimum absolute atomic E-state index is 0.264. The molecule has 1 aliphatic carbocycles. The van der Waals surface area contributed by atoms with Gasteiger partial charge in [0.2, 0.25) is 5.75 Å². The largest absolute Gasteiger partial charge is 0.493 e. The quantitative estimate of drug-likeness (QED) is 0.357. The lowest BCUT2D eigenvalue weighted by atomic mass is 9.91. The Labute approximate surface area is 163 Å². The molecular weight excluding hydrogens is 356 g/mol. The van der Waals surface area contributed by atoms with E-state index in [1.54, 1.807) is 21.3 Å². The number of aryl methyl sites for hydroxylation is 2. The molecule has 0 saturated carbocycles. The second-order valence-corrected chi connectivity index (χ2v) is 6.83. The van der Waals surface area contributed by atoms with E-state index in [1.807, 2.05) is 19.3 Å². The molecule has 3 aromatic rings. The van der Waals surface area contributed by atoms with Crippen LogP contribution in [0, 0.1) is 0 Å². The summed E-state index contributed by atoms with van der Waals surface area (Å²) in [6.07, 6.45) is 3.46. The predicted molar refractivity (Wildman–Crippen MR) is 108 cm³/mol. The fourth-order valence-corrected chi connectivity index (χ4v) is 4.26. The Morgan fingerprint density at radius 2 is 1.89 bits per heavy atom. The Kier molecular flexibility index (Phi) is 4.53. The van der Waals surface area contributed by atoms with E-state index in [9.17, 15) is 5.53 Å². The molecule has 1 aliphatic rings. The maximum atomic E-state index is 9.18. The van der Waals surface area contributed by atoms with Crippen molar-refractivity contribution in [2.75, 3.05) is 21.3 Å². The van der Waals surface area contributed by atoms with Crippen LogP contribution in [0.5, 0.6) is 17.2 Å². The maximum Gasteiger partial charge on any atom is 0.203 e. The first-order chi connectivity index (χ1) is 13.6. The zero-order valence-electron chi connectivity index (χ0n) is 16.4. The predicted octanol–water partition coefficient (Wildman–Crippen LogP) is 5.17. The normalized spacial score (nSPS) is 15.2. The second kappa shape index (κ2) is 7.02. The number of hydrogen-bond acceptors (Lipinski definition) is 4. The summed E-state index contributed by atoms with van der Waals surface area (Å²) < 4.78 is 19.0. The van der Waals surface area contributed by atoms with Gasteiger partial charge in [-0.1, -0.05) is 11.2 Å². The van der Waals surface area contributed by atoms with Gasteiger partial charge in [-0.05, 0) is 53.3 Å². The molecule has 0 N–H and O–H groups in total. The zero-order valence-corrected chi connectivity index (χ0v) is 16.4. The average molecular weight is 378 g/mol. The van der Waals surface area contributed by atoms with E-state index >= 15 is 0 Å². The molecule has 0 radical (unpaired) electrons. The lowest BCUT2D eigenvalue weighted by Gasteiger charge is -2.20. The van der Waals surface area contributed by atoms with E-state index < -0.39 is 0 Å². The van der Waals surface area contributed by atoms with E-state index in [0.717, 1.165) is 39.6 Å². The Balaban J connectivity index is 2.13. The number of nitrogens with zero attached hydrogens (tertiary/aromatic N) is 4. The van der Waals surface area contributed by atoms with E-state index in [-0.39, 0.29) is 6.04 Å². The first kappa shape index (κ1) is 18.1. The second-order valence-electron chi connectivity index (χ2n) is 6.83. The standard InChI is InChI=1S/C21H22N4O3/c1-25-10-9-13-16(25)8-6-14-18-12(5-7-15(19(13)14)23-24-22)11-17(26-2)20(27-3)21(18)28-4/h6,8-11,15H,5,7H2,1-4H3. The molecule has 1 aromatic heterocycles. The molecular formula is C21H22N4O3. The van der Waals surface area contributed by atoms with Crippen LogP contribution >= 0.6 is 0 Å². The molecule has 0 aliphatic heterocycles. The average Bonchev–Trinajstić information content (AvgIpc) is 3.02. The van der Waals surface area contributed by atoms with Crippen molar-refractivity contribution in [3.63, 3.8) is 0 Å². The number of aromatic nitrogens is 1. The van der Waals surface area contributed by atoms with E-state index in [4.69, 9.17) is 14.2 Å². The van der Waals surface area contributed by atoms with Crippen LogP contribution in [0.2, 0.25) is 0 Å². The van der Waals surface area contributed by atoms with Crippen LogP contribution in [-0.2, 0) is 13.5 Å². The topological polar surface area (TPSA) is 81.4 Å². The highest BCUT2D eigenvalue weighted by Crippen LogP contribution is 2.52. The summed E-state index contributed by atoms with van der Waals surface area (Å²) in [5.41, 5.74) is 14.4. The van der Waals surface area contributed by atoms with Crippen molar-refractivity contribution in [1.82, 2.24) is 4.57 Å². The molecule has 7 nitrogen and oxygen atoms in total. The molecule has 0 bridgehead atoms. The van der Waals surface area contributed by atoms with E-state index in [0.29, 0.717) is 23.7 Å². The molecule has 1 heterocycles. The summed E-state index contributed by atoms with van der Waals surface area (Å²) in [4.78, 5) is 3.12. The van der Waals surface area contributed by atoms with E-state index in [1.165, 1.54) is 0 Å². The minimum atomic E-state index is -0.264. The molecule has 7 heteroatoms. The molecule has 28 heavy (non-hydrogen) atoms. The molecule has 4 rings (SSSR count). The van der Waals surface area contributed by atoms with Crippen molar-refractivity contribution in [3.8, 4) is 28.4 Å². The Bertz CT molecular complexity index is 1110. The number of rotatable bonds is 4. The molecule has 2 aromatic carbocycles. The van der Waals surface area contributed by atoms with Crippen LogP contribution < -0.4 is 14.2 Å². The highest BCUT2D eigenvalue weighted by Gasteiger charge is 2.30. The molecule has 1 atom stereocenters. The van der Waals surface area contributed by atoms with Crippen LogP contribution in [0.25, 0.3) is 32.5 Å². The number of fused-ring (bicyclic) bond motifs is 5. The molecule has 0 saturated heterocycles. The van der Waals surface area contributed by atoms with Gasteiger partial charge >= 0.3 is 0 Å². The molecule has 0 fully saturated rings. The van der Waals surface area contributed by atoms with Crippen molar-refractivity contribution in [2.24, 2.45) is 12.2 Å². The summed E-state index contributed by atoms with van der Waals surface area (Å²) in [7, 11) is 6.86. The Morgan fingerprint density at radius 1 is 1.11 bits per heavy atom. The van der Waals surface area contributed by atoms with Crippen LogP contribution in [0.3, 0.4) is 0 Å². The summed E-state index contributed by atoms with van der Waals surface area (Å²) in [6.45, 7) is 0. The van der Waals surface area contributed by atoms with Gasteiger partial charge in [-0.15, -0.1) is 0 Å². The summed E-state index contributed by atoms with van der Waals surface area (Å²) in [6, 6.07) is 7.98. The van der Waals surface area contributed by atoms with Crippen molar-refractivity contribution in [1.29, 1.82) is 0 Å². The Hall–Kier alpha value is -3.31. The van der Waals surface area contributed by atoms with Gasteiger partial charge in [0.15, 0.2) is 11.5 Å². The lowest BCUT2D eigenvalue weighted by Crippen LogP contribution is -2.01. The van der Waals surface area contributed by atoms with Crippen molar-refractivity contribution in [3.05, 3.63) is 52.0 Å². The minimum Gasteiger partial charge on any atom is -0.493 e. The van der Waals surface area contributed by atoms with Crippen LogP contribution in [-0.4, -0.2) is 25.9 Å². The number of benzene rings is 2. The third-order valence-corrected chi connectivity index (χ3v) is 5.50. The van der Waals surface area contributed by atoms with Gasteiger partial charge in [0, 0.05) is 34.6 Å². The fourth-order valence-electron chi connectivity index (χ4n) is 4.26. The van der Waals surface area contributed by atoms with Crippen LogP contribution in [0.15, 0.2) is 35.6 Å². The molecule has 0 amide bonds. The summed E-state index contributed by atoms with van der Waals surface area (Å²) >= 11 is 0. The highest BCUT2D eigenvalue weighted by atomic mass is 16.5. The number of hydrogen-bond donors (Lipinski definition) is 0. The van der Waals surface area contributed by atoms with Gasteiger partial charge in [-0.25, -0.2) is 0 Å². The summed E-state index contributed by atoms with van der Waals surface area (Å²) in [5.74, 6) is 1.82. The van der Waals surface area contributed by atoms with Gasteiger partial charge in [0.05, 0.1) is 27.4 Å². The Morgan fingerprint density at radius 3 is 2.57 bits per heavy atom. The third kappa shape index (κ3) is 2.55. The van der Waals surface area contributed by atoms with Gasteiger partial charge < -0.3 is 18.8 Å². The monoisotopic (exact) mass is 378 g/mol.